The van der Waals surface area contributed by atoms with Gasteiger partial charge in [-0.3, -0.25) is 4.90 Å². The molecule has 0 unspecified atom stereocenters. The van der Waals surface area contributed by atoms with E-state index in [0.717, 1.165) is 37.3 Å². The van der Waals surface area contributed by atoms with Crippen LogP contribution in [0.25, 0.3) is 10.8 Å². The summed E-state index contributed by atoms with van der Waals surface area (Å²) in [4.78, 5) is 10.9. The maximum atomic E-state index is 5.93. The van der Waals surface area contributed by atoms with Crippen LogP contribution in [0.2, 0.25) is 0 Å². The van der Waals surface area contributed by atoms with E-state index in [-0.39, 0.29) is 0 Å². The fraction of sp³-hybridized carbons (Fsp3) is 0.222. The van der Waals surface area contributed by atoms with E-state index >= 15 is 0 Å². The molecule has 0 amide bonds. The molecule has 3 aromatic rings. The highest BCUT2D eigenvalue weighted by Gasteiger charge is 2.19. The zero-order chi connectivity index (χ0) is 14.9. The highest BCUT2D eigenvalue weighted by Crippen LogP contribution is 2.23. The van der Waals surface area contributed by atoms with Crippen molar-refractivity contribution in [3.63, 3.8) is 0 Å². The third-order valence-corrected chi connectivity index (χ3v) is 4.34. The van der Waals surface area contributed by atoms with E-state index in [2.05, 4.69) is 57.3 Å². The van der Waals surface area contributed by atoms with Crippen LogP contribution in [0.5, 0.6) is 0 Å². The Kier molecular flexibility index (Phi) is 3.24. The predicted molar refractivity (Wildman–Crippen MR) is 88.2 cm³/mol. The Labute approximate surface area is 129 Å². The van der Waals surface area contributed by atoms with Gasteiger partial charge in [0.1, 0.15) is 12.1 Å². The van der Waals surface area contributed by atoms with Gasteiger partial charge in [-0.2, -0.15) is 0 Å². The Morgan fingerprint density at radius 3 is 2.82 bits per heavy atom. The van der Waals surface area contributed by atoms with Gasteiger partial charge in [-0.1, -0.05) is 36.4 Å². The number of aromatic nitrogens is 2. The molecule has 1 aromatic heterocycles. The summed E-state index contributed by atoms with van der Waals surface area (Å²) in [5.74, 6) is 0.635. The van der Waals surface area contributed by atoms with Crippen molar-refractivity contribution in [3.05, 3.63) is 65.6 Å². The van der Waals surface area contributed by atoms with Crippen LogP contribution >= 0.6 is 0 Å². The quantitative estimate of drug-likeness (QED) is 0.788. The number of hydrogen-bond donors (Lipinski definition) is 1. The first-order chi connectivity index (χ1) is 10.8. The van der Waals surface area contributed by atoms with Gasteiger partial charge in [-0.25, -0.2) is 9.97 Å². The lowest BCUT2D eigenvalue weighted by atomic mass is 10.0. The van der Waals surface area contributed by atoms with Crippen LogP contribution in [0, 0.1) is 0 Å². The molecule has 0 spiro atoms. The van der Waals surface area contributed by atoms with Crippen LogP contribution in [-0.4, -0.2) is 21.4 Å². The summed E-state index contributed by atoms with van der Waals surface area (Å²) in [6, 6.07) is 15.2. The smallest absolute Gasteiger partial charge is 0.130 e. The number of fused-ring (bicyclic) bond motifs is 2. The standard InChI is InChI=1S/C18H18N4/c19-18-16-7-8-22(11-17(16)20-12-21-18)10-13-5-6-14-3-1-2-4-15(14)9-13/h1-6,9,12H,7-8,10-11H2,(H2,19,20,21). The maximum absolute atomic E-state index is 5.93. The van der Waals surface area contributed by atoms with Gasteiger partial charge in [0.2, 0.25) is 0 Å². The zero-order valence-electron chi connectivity index (χ0n) is 12.4. The second kappa shape index (κ2) is 5.39. The first-order valence-corrected chi connectivity index (χ1v) is 7.58. The molecule has 0 saturated carbocycles. The SMILES string of the molecule is Nc1ncnc2c1CCN(Cc1ccc3ccccc3c1)C2. The third-order valence-electron chi connectivity index (χ3n) is 4.34. The monoisotopic (exact) mass is 290 g/mol. The summed E-state index contributed by atoms with van der Waals surface area (Å²) in [6.07, 6.45) is 2.49. The Morgan fingerprint density at radius 1 is 1.05 bits per heavy atom. The van der Waals surface area contributed by atoms with E-state index in [9.17, 15) is 0 Å². The minimum atomic E-state index is 0.635. The average molecular weight is 290 g/mol. The van der Waals surface area contributed by atoms with Crippen molar-refractivity contribution in [3.8, 4) is 0 Å². The normalized spacial score (nSPS) is 14.9. The zero-order valence-corrected chi connectivity index (χ0v) is 12.4. The fourth-order valence-electron chi connectivity index (χ4n) is 3.16. The average Bonchev–Trinajstić information content (AvgIpc) is 2.55. The molecule has 4 rings (SSSR count). The van der Waals surface area contributed by atoms with Gasteiger partial charge < -0.3 is 5.73 Å². The van der Waals surface area contributed by atoms with Crippen LogP contribution in [0.15, 0.2) is 48.8 Å². The number of nitrogens with zero attached hydrogens (tertiary/aromatic N) is 3. The van der Waals surface area contributed by atoms with Gasteiger partial charge in [-0.15, -0.1) is 0 Å². The molecule has 1 aliphatic heterocycles. The minimum Gasteiger partial charge on any atom is -0.383 e. The van der Waals surface area contributed by atoms with E-state index in [1.165, 1.54) is 16.3 Å². The van der Waals surface area contributed by atoms with Crippen molar-refractivity contribution < 1.29 is 0 Å². The van der Waals surface area contributed by atoms with Crippen molar-refractivity contribution in [2.24, 2.45) is 0 Å². The predicted octanol–water partition coefficient (Wildman–Crippen LogP) is 2.77. The molecule has 4 nitrogen and oxygen atoms in total. The summed E-state index contributed by atoms with van der Waals surface area (Å²) < 4.78 is 0. The van der Waals surface area contributed by atoms with Crippen molar-refractivity contribution in [1.82, 2.24) is 14.9 Å². The van der Waals surface area contributed by atoms with Crippen LogP contribution in [0.3, 0.4) is 0 Å². The number of nitrogen functional groups attached to an aromatic ring is 1. The van der Waals surface area contributed by atoms with Crippen molar-refractivity contribution in [2.75, 3.05) is 12.3 Å². The van der Waals surface area contributed by atoms with E-state index in [1.54, 1.807) is 6.33 Å². The van der Waals surface area contributed by atoms with Gasteiger partial charge in [0.15, 0.2) is 0 Å². The highest BCUT2D eigenvalue weighted by atomic mass is 15.1. The maximum Gasteiger partial charge on any atom is 0.130 e. The molecule has 0 aliphatic carbocycles. The lowest BCUT2D eigenvalue weighted by Crippen LogP contribution is -2.31. The topological polar surface area (TPSA) is 55.0 Å². The molecule has 22 heavy (non-hydrogen) atoms. The largest absolute Gasteiger partial charge is 0.383 e. The number of benzene rings is 2. The molecule has 0 fully saturated rings. The molecular weight excluding hydrogens is 272 g/mol. The number of anilines is 1. The van der Waals surface area contributed by atoms with Crippen LogP contribution < -0.4 is 5.73 Å². The van der Waals surface area contributed by atoms with Gasteiger partial charge in [0.25, 0.3) is 0 Å². The Morgan fingerprint density at radius 2 is 1.91 bits per heavy atom. The highest BCUT2D eigenvalue weighted by molar-refractivity contribution is 5.82. The second-order valence-corrected chi connectivity index (χ2v) is 5.83. The minimum absolute atomic E-state index is 0.635. The molecule has 2 aromatic carbocycles. The van der Waals surface area contributed by atoms with Gasteiger partial charge in [0.05, 0.1) is 5.69 Å². The molecule has 0 radical (unpaired) electrons. The van der Waals surface area contributed by atoms with Crippen molar-refractivity contribution in [1.29, 1.82) is 0 Å². The molecule has 2 heterocycles. The molecule has 0 atom stereocenters. The van der Waals surface area contributed by atoms with Crippen LogP contribution in [0.4, 0.5) is 5.82 Å². The van der Waals surface area contributed by atoms with E-state index < -0.39 is 0 Å². The van der Waals surface area contributed by atoms with Crippen molar-refractivity contribution in [2.45, 2.75) is 19.5 Å². The first-order valence-electron chi connectivity index (χ1n) is 7.58. The summed E-state index contributed by atoms with van der Waals surface area (Å²) in [5.41, 5.74) is 9.46. The molecule has 4 heteroatoms. The lowest BCUT2D eigenvalue weighted by molar-refractivity contribution is 0.241. The Balaban J connectivity index is 1.56. The second-order valence-electron chi connectivity index (χ2n) is 5.83. The lowest BCUT2D eigenvalue weighted by Gasteiger charge is -2.28. The molecule has 0 bridgehead atoms. The molecule has 2 N–H and O–H groups in total. The van der Waals surface area contributed by atoms with Crippen LogP contribution in [0.1, 0.15) is 16.8 Å². The molecule has 110 valence electrons. The van der Waals surface area contributed by atoms with E-state index in [4.69, 9.17) is 5.73 Å². The van der Waals surface area contributed by atoms with Gasteiger partial charge >= 0.3 is 0 Å². The molecular formula is C18H18N4. The molecule has 0 saturated heterocycles. The van der Waals surface area contributed by atoms with E-state index in [0.29, 0.717) is 5.82 Å². The first kappa shape index (κ1) is 13.2. The van der Waals surface area contributed by atoms with Crippen LogP contribution in [-0.2, 0) is 19.5 Å². The summed E-state index contributed by atoms with van der Waals surface area (Å²) in [6.45, 7) is 2.78. The Bertz CT molecular complexity index is 828. The fourth-order valence-corrected chi connectivity index (χ4v) is 3.16. The van der Waals surface area contributed by atoms with Gasteiger partial charge in [0, 0.05) is 25.2 Å². The summed E-state index contributed by atoms with van der Waals surface area (Å²) >= 11 is 0. The van der Waals surface area contributed by atoms with Crippen molar-refractivity contribution >= 4 is 16.6 Å². The van der Waals surface area contributed by atoms with Gasteiger partial charge in [-0.05, 0) is 28.8 Å². The number of hydrogen-bond acceptors (Lipinski definition) is 4. The summed E-state index contributed by atoms with van der Waals surface area (Å²) in [7, 11) is 0. The third kappa shape index (κ3) is 2.42. The van der Waals surface area contributed by atoms with E-state index in [1.807, 2.05) is 0 Å². The molecule has 1 aliphatic rings. The summed E-state index contributed by atoms with van der Waals surface area (Å²) in [5, 5.41) is 2.58. The Hall–Kier alpha value is -2.46. The number of nitrogens with two attached hydrogens (primary N) is 1. The number of rotatable bonds is 2.